The average molecular weight is 210 g/mol. The van der Waals surface area contributed by atoms with Crippen LogP contribution in [0.15, 0.2) is 12.1 Å². The second kappa shape index (κ2) is 3.10. The zero-order chi connectivity index (χ0) is 10.2. The predicted octanol–water partition coefficient (Wildman–Crippen LogP) is 3.25. The van der Waals surface area contributed by atoms with E-state index in [-0.39, 0.29) is 16.3 Å². The van der Waals surface area contributed by atoms with Gasteiger partial charge in [-0.25, -0.2) is 0 Å². The molecule has 0 aliphatic carbocycles. The fourth-order valence-corrected chi connectivity index (χ4v) is 1.24. The third-order valence-electron chi connectivity index (χ3n) is 1.71. The van der Waals surface area contributed by atoms with Crippen LogP contribution in [0, 0.1) is 6.92 Å². The van der Waals surface area contributed by atoms with Gasteiger partial charge in [0.05, 0.1) is 5.56 Å². The molecule has 5 heteroatoms. The zero-order valence-electron chi connectivity index (χ0n) is 6.74. The Kier molecular flexibility index (Phi) is 2.43. The maximum absolute atomic E-state index is 12.4. The number of hydrogen-bond acceptors (Lipinski definition) is 1. The minimum absolute atomic E-state index is 0.0332. The van der Waals surface area contributed by atoms with Gasteiger partial charge < -0.3 is 5.73 Å². The largest absolute Gasteiger partial charge is 0.418 e. The molecule has 0 aliphatic heterocycles. The molecule has 2 N–H and O–H groups in total. The molecule has 0 unspecified atom stereocenters. The van der Waals surface area contributed by atoms with Gasteiger partial charge in [0.2, 0.25) is 0 Å². The Hall–Kier alpha value is -0.900. The van der Waals surface area contributed by atoms with Crippen molar-refractivity contribution in [1.82, 2.24) is 0 Å². The summed E-state index contributed by atoms with van der Waals surface area (Å²) in [5.41, 5.74) is 4.02. The summed E-state index contributed by atoms with van der Waals surface area (Å²) < 4.78 is 37.1. The summed E-state index contributed by atoms with van der Waals surface area (Å²) in [5.74, 6) is 0. The van der Waals surface area contributed by atoms with Gasteiger partial charge in [0.15, 0.2) is 0 Å². The normalized spacial score (nSPS) is 11.8. The molecule has 1 aromatic rings. The lowest BCUT2D eigenvalue weighted by atomic mass is 10.1. The third-order valence-corrected chi connectivity index (χ3v) is 2.12. The van der Waals surface area contributed by atoms with Gasteiger partial charge in [0.1, 0.15) is 0 Å². The van der Waals surface area contributed by atoms with E-state index in [1.807, 2.05) is 0 Å². The Morgan fingerprint density at radius 2 is 1.85 bits per heavy atom. The summed E-state index contributed by atoms with van der Waals surface area (Å²) in [7, 11) is 0. The first-order valence-electron chi connectivity index (χ1n) is 3.46. The fraction of sp³-hybridized carbons (Fsp3) is 0.250. The Labute approximate surface area is 78.3 Å². The van der Waals surface area contributed by atoms with Crippen molar-refractivity contribution in [2.75, 3.05) is 5.73 Å². The maximum atomic E-state index is 12.4. The Morgan fingerprint density at radius 3 is 2.23 bits per heavy atom. The standard InChI is InChI=1S/C8H7ClF3N/c1-4-5(9)2-3-6(13)7(4)8(10,11)12/h2-3H,13H2,1H3. The van der Waals surface area contributed by atoms with E-state index in [4.69, 9.17) is 17.3 Å². The number of anilines is 1. The predicted molar refractivity (Wildman–Crippen MR) is 45.6 cm³/mol. The van der Waals surface area contributed by atoms with Crippen LogP contribution < -0.4 is 5.73 Å². The molecule has 0 saturated heterocycles. The SMILES string of the molecule is Cc1c(Cl)ccc(N)c1C(F)(F)F. The average Bonchev–Trinajstić information content (AvgIpc) is 1.95. The van der Waals surface area contributed by atoms with Crippen molar-refractivity contribution in [2.45, 2.75) is 13.1 Å². The van der Waals surface area contributed by atoms with E-state index in [1.54, 1.807) is 0 Å². The molecule has 0 spiro atoms. The quantitative estimate of drug-likeness (QED) is 0.652. The van der Waals surface area contributed by atoms with Crippen LogP contribution in [0.3, 0.4) is 0 Å². The molecule has 0 radical (unpaired) electrons. The van der Waals surface area contributed by atoms with Crippen LogP contribution in [-0.2, 0) is 6.18 Å². The summed E-state index contributed by atoms with van der Waals surface area (Å²) in [5, 5.41) is 0.0709. The highest BCUT2D eigenvalue weighted by molar-refractivity contribution is 6.31. The van der Waals surface area contributed by atoms with Crippen molar-refractivity contribution in [3.8, 4) is 0 Å². The smallest absolute Gasteiger partial charge is 0.398 e. The number of alkyl halides is 3. The van der Waals surface area contributed by atoms with Crippen molar-refractivity contribution in [2.24, 2.45) is 0 Å². The minimum atomic E-state index is -4.45. The first-order chi connectivity index (χ1) is 5.84. The number of benzene rings is 1. The van der Waals surface area contributed by atoms with Crippen molar-refractivity contribution < 1.29 is 13.2 Å². The van der Waals surface area contributed by atoms with E-state index in [0.29, 0.717) is 0 Å². The summed E-state index contributed by atoms with van der Waals surface area (Å²) in [6, 6.07) is 2.50. The van der Waals surface area contributed by atoms with E-state index >= 15 is 0 Å². The topological polar surface area (TPSA) is 26.0 Å². The molecule has 1 aromatic carbocycles. The molecule has 0 heterocycles. The molecule has 0 aromatic heterocycles. The van der Waals surface area contributed by atoms with Gasteiger partial charge in [0, 0.05) is 10.7 Å². The van der Waals surface area contributed by atoms with Gasteiger partial charge in [-0.05, 0) is 24.6 Å². The number of hydrogen-bond donors (Lipinski definition) is 1. The van der Waals surface area contributed by atoms with E-state index in [2.05, 4.69) is 0 Å². The van der Waals surface area contributed by atoms with Crippen LogP contribution in [-0.4, -0.2) is 0 Å². The van der Waals surface area contributed by atoms with Crippen LogP contribution in [0.25, 0.3) is 0 Å². The van der Waals surface area contributed by atoms with Gasteiger partial charge >= 0.3 is 6.18 Å². The second-order valence-corrected chi connectivity index (χ2v) is 3.04. The van der Waals surface area contributed by atoms with Crippen LogP contribution in [0.4, 0.5) is 18.9 Å². The molecular formula is C8H7ClF3N. The molecule has 0 atom stereocenters. The Morgan fingerprint density at radius 1 is 1.31 bits per heavy atom. The number of nitrogens with two attached hydrogens (primary N) is 1. The van der Waals surface area contributed by atoms with E-state index in [1.165, 1.54) is 13.0 Å². The number of rotatable bonds is 0. The first kappa shape index (κ1) is 10.2. The van der Waals surface area contributed by atoms with E-state index < -0.39 is 11.7 Å². The lowest BCUT2D eigenvalue weighted by molar-refractivity contribution is -0.137. The van der Waals surface area contributed by atoms with Crippen LogP contribution in [0.1, 0.15) is 11.1 Å². The molecule has 0 amide bonds. The first-order valence-corrected chi connectivity index (χ1v) is 3.83. The molecule has 1 rings (SSSR count). The molecule has 1 nitrogen and oxygen atoms in total. The van der Waals surface area contributed by atoms with Gasteiger partial charge in [-0.1, -0.05) is 11.6 Å². The van der Waals surface area contributed by atoms with Crippen molar-refractivity contribution in [1.29, 1.82) is 0 Å². The van der Waals surface area contributed by atoms with Crippen LogP contribution in [0.5, 0.6) is 0 Å². The minimum Gasteiger partial charge on any atom is -0.398 e. The highest BCUT2D eigenvalue weighted by atomic mass is 35.5. The molecular weight excluding hydrogens is 203 g/mol. The third kappa shape index (κ3) is 1.88. The van der Waals surface area contributed by atoms with Gasteiger partial charge in [-0.15, -0.1) is 0 Å². The van der Waals surface area contributed by atoms with E-state index in [0.717, 1.165) is 6.07 Å². The van der Waals surface area contributed by atoms with Crippen molar-refractivity contribution in [3.63, 3.8) is 0 Å². The molecule has 0 fully saturated rings. The maximum Gasteiger partial charge on any atom is 0.418 e. The monoisotopic (exact) mass is 209 g/mol. The van der Waals surface area contributed by atoms with Crippen molar-refractivity contribution in [3.05, 3.63) is 28.3 Å². The second-order valence-electron chi connectivity index (χ2n) is 2.63. The van der Waals surface area contributed by atoms with Crippen LogP contribution in [0.2, 0.25) is 5.02 Å². The Balaban J connectivity index is 3.43. The van der Waals surface area contributed by atoms with Gasteiger partial charge in [-0.2, -0.15) is 13.2 Å². The fourth-order valence-electron chi connectivity index (χ4n) is 1.08. The summed E-state index contributed by atoms with van der Waals surface area (Å²) in [6.45, 7) is 1.29. The zero-order valence-corrected chi connectivity index (χ0v) is 7.50. The molecule has 13 heavy (non-hydrogen) atoms. The van der Waals surface area contributed by atoms with Crippen LogP contribution >= 0.6 is 11.6 Å². The number of nitrogen functional groups attached to an aromatic ring is 1. The van der Waals surface area contributed by atoms with Gasteiger partial charge in [0.25, 0.3) is 0 Å². The molecule has 0 bridgehead atoms. The van der Waals surface area contributed by atoms with E-state index in [9.17, 15) is 13.2 Å². The highest BCUT2D eigenvalue weighted by Crippen LogP contribution is 2.38. The highest BCUT2D eigenvalue weighted by Gasteiger charge is 2.35. The summed E-state index contributed by atoms with van der Waals surface area (Å²) >= 11 is 5.54. The lowest BCUT2D eigenvalue weighted by Crippen LogP contribution is -2.11. The molecule has 0 saturated carbocycles. The molecule has 72 valence electrons. The summed E-state index contributed by atoms with van der Waals surface area (Å²) in [6.07, 6.45) is -4.45. The lowest BCUT2D eigenvalue weighted by Gasteiger charge is -2.13. The van der Waals surface area contributed by atoms with Crippen molar-refractivity contribution >= 4 is 17.3 Å². The summed E-state index contributed by atoms with van der Waals surface area (Å²) in [4.78, 5) is 0. The molecule has 0 aliphatic rings. The Bertz CT molecular complexity index is 333. The van der Waals surface area contributed by atoms with Gasteiger partial charge in [-0.3, -0.25) is 0 Å². The number of halogens is 4.